The normalized spacial score (nSPS) is 18.7. The number of ether oxygens (including phenoxy) is 1. The van der Waals surface area contributed by atoms with Gasteiger partial charge in [0.2, 0.25) is 5.91 Å². The maximum Gasteiger partial charge on any atom is 0.225 e. The summed E-state index contributed by atoms with van der Waals surface area (Å²) in [5, 5.41) is 6.72. The van der Waals surface area contributed by atoms with Crippen molar-refractivity contribution in [1.29, 1.82) is 0 Å². The maximum atomic E-state index is 12.5. The second-order valence-electron chi connectivity index (χ2n) is 7.85. The van der Waals surface area contributed by atoms with Crippen LogP contribution in [0.4, 0.5) is 0 Å². The van der Waals surface area contributed by atoms with Gasteiger partial charge in [-0.3, -0.25) is 14.7 Å². The summed E-state index contributed by atoms with van der Waals surface area (Å²) in [5.74, 6) is 2.34. The molecule has 2 fully saturated rings. The third-order valence-corrected chi connectivity index (χ3v) is 5.93. The first-order valence-electron chi connectivity index (χ1n) is 10.8. The number of carbonyl (C=O) groups excluding carboxylic acids is 1. The van der Waals surface area contributed by atoms with Crippen LogP contribution in [0.3, 0.4) is 0 Å². The number of methoxy groups -OCH3 is 1. The van der Waals surface area contributed by atoms with Crippen molar-refractivity contribution in [3.05, 3.63) is 29.8 Å². The molecule has 3 rings (SSSR count). The summed E-state index contributed by atoms with van der Waals surface area (Å²) >= 11 is 0. The third-order valence-electron chi connectivity index (χ3n) is 5.93. The van der Waals surface area contributed by atoms with Gasteiger partial charge in [-0.25, -0.2) is 0 Å². The number of piperazine rings is 1. The number of benzene rings is 1. The maximum absolute atomic E-state index is 12.5. The van der Waals surface area contributed by atoms with E-state index in [0.29, 0.717) is 18.4 Å². The summed E-state index contributed by atoms with van der Waals surface area (Å²) in [7, 11) is 3.46. The number of nitrogens with one attached hydrogen (secondary N) is 2. The molecule has 2 N–H and O–H groups in total. The molecule has 7 heteroatoms. The fourth-order valence-corrected chi connectivity index (χ4v) is 4.14. The van der Waals surface area contributed by atoms with Crippen LogP contribution in [0.15, 0.2) is 29.3 Å². The Labute approximate surface area is 174 Å². The molecule has 1 aromatic rings. The highest BCUT2D eigenvalue weighted by Crippen LogP contribution is 2.26. The van der Waals surface area contributed by atoms with Crippen LogP contribution in [0, 0.1) is 5.92 Å². The van der Waals surface area contributed by atoms with Crippen LogP contribution < -0.4 is 15.4 Å². The van der Waals surface area contributed by atoms with Crippen molar-refractivity contribution in [1.82, 2.24) is 20.4 Å². The SMILES string of the molecule is CN=C(NCCN1CCN(C(=O)C2CCCC2)CC1)NCc1cccc(OC)c1. The van der Waals surface area contributed by atoms with Crippen molar-refractivity contribution in [3.8, 4) is 5.75 Å². The van der Waals surface area contributed by atoms with Crippen LogP contribution >= 0.6 is 0 Å². The van der Waals surface area contributed by atoms with Crippen LogP contribution in [0.1, 0.15) is 31.2 Å². The lowest BCUT2D eigenvalue weighted by molar-refractivity contribution is -0.137. The topological polar surface area (TPSA) is 69.2 Å². The van der Waals surface area contributed by atoms with E-state index in [1.54, 1.807) is 14.2 Å². The molecular formula is C22H35N5O2. The Hall–Kier alpha value is -2.28. The first-order valence-corrected chi connectivity index (χ1v) is 10.8. The van der Waals surface area contributed by atoms with Crippen LogP contribution in [0.5, 0.6) is 5.75 Å². The highest BCUT2D eigenvalue weighted by Gasteiger charge is 2.29. The van der Waals surface area contributed by atoms with E-state index in [0.717, 1.165) is 69.4 Å². The lowest BCUT2D eigenvalue weighted by Crippen LogP contribution is -2.51. The van der Waals surface area contributed by atoms with Crippen LogP contribution in [0.2, 0.25) is 0 Å². The van der Waals surface area contributed by atoms with E-state index < -0.39 is 0 Å². The smallest absolute Gasteiger partial charge is 0.225 e. The van der Waals surface area contributed by atoms with Gasteiger partial charge < -0.3 is 20.3 Å². The summed E-state index contributed by atoms with van der Waals surface area (Å²) in [4.78, 5) is 21.3. The van der Waals surface area contributed by atoms with Gasteiger partial charge in [-0.05, 0) is 30.5 Å². The minimum absolute atomic E-state index is 0.294. The van der Waals surface area contributed by atoms with Crippen LogP contribution in [-0.4, -0.2) is 75.1 Å². The van der Waals surface area contributed by atoms with E-state index in [2.05, 4.69) is 31.5 Å². The molecule has 160 valence electrons. The Balaban J connectivity index is 1.33. The van der Waals surface area contributed by atoms with Crippen molar-refractivity contribution >= 4 is 11.9 Å². The molecule has 1 amide bonds. The number of aliphatic imine (C=N–C) groups is 1. The Morgan fingerprint density at radius 3 is 2.62 bits per heavy atom. The van der Waals surface area contributed by atoms with Gasteiger partial charge in [-0.2, -0.15) is 0 Å². The summed E-state index contributed by atoms with van der Waals surface area (Å²) in [6.07, 6.45) is 4.61. The zero-order valence-corrected chi connectivity index (χ0v) is 17.8. The monoisotopic (exact) mass is 401 g/mol. The number of hydrogen-bond acceptors (Lipinski definition) is 4. The summed E-state index contributed by atoms with van der Waals surface area (Å²) in [5.41, 5.74) is 1.15. The molecule has 7 nitrogen and oxygen atoms in total. The predicted molar refractivity (Wildman–Crippen MR) is 116 cm³/mol. The van der Waals surface area contributed by atoms with Gasteiger partial charge in [0.15, 0.2) is 5.96 Å². The average Bonchev–Trinajstić information content (AvgIpc) is 3.31. The van der Waals surface area contributed by atoms with Crippen molar-refractivity contribution in [2.75, 3.05) is 53.4 Å². The van der Waals surface area contributed by atoms with Gasteiger partial charge in [0.05, 0.1) is 7.11 Å². The van der Waals surface area contributed by atoms with Crippen LogP contribution in [-0.2, 0) is 11.3 Å². The van der Waals surface area contributed by atoms with Crippen molar-refractivity contribution in [2.24, 2.45) is 10.9 Å². The molecule has 1 aromatic carbocycles. The first-order chi connectivity index (χ1) is 14.2. The lowest BCUT2D eigenvalue weighted by Gasteiger charge is -2.36. The van der Waals surface area contributed by atoms with Gasteiger partial charge in [-0.15, -0.1) is 0 Å². The second kappa shape index (κ2) is 11.0. The first kappa shape index (κ1) is 21.4. The quantitative estimate of drug-likeness (QED) is 0.538. The molecule has 1 aliphatic carbocycles. The Morgan fingerprint density at radius 2 is 1.93 bits per heavy atom. The molecule has 1 saturated heterocycles. The molecule has 0 unspecified atom stereocenters. The number of guanidine groups is 1. The molecule has 1 saturated carbocycles. The summed E-state index contributed by atoms with van der Waals surface area (Å²) < 4.78 is 5.27. The van der Waals surface area contributed by atoms with Crippen LogP contribution in [0.25, 0.3) is 0 Å². The van der Waals surface area contributed by atoms with Gasteiger partial charge in [0.1, 0.15) is 5.75 Å². The predicted octanol–water partition coefficient (Wildman–Crippen LogP) is 1.69. The average molecular weight is 402 g/mol. The highest BCUT2D eigenvalue weighted by atomic mass is 16.5. The lowest BCUT2D eigenvalue weighted by atomic mass is 10.1. The van der Waals surface area contributed by atoms with Gasteiger partial charge in [0.25, 0.3) is 0 Å². The molecule has 0 aromatic heterocycles. The standard InChI is InChI=1S/C22H35N5O2/c1-23-22(25-17-18-6-5-9-20(16-18)29-2)24-10-11-26-12-14-27(15-13-26)21(28)19-7-3-4-8-19/h5-6,9,16,19H,3-4,7-8,10-15,17H2,1-2H3,(H2,23,24,25). The molecule has 0 bridgehead atoms. The van der Waals surface area contributed by atoms with Crippen molar-refractivity contribution < 1.29 is 9.53 Å². The van der Waals surface area contributed by atoms with Gasteiger partial charge in [0, 0.05) is 58.8 Å². The largest absolute Gasteiger partial charge is 0.497 e. The number of carbonyl (C=O) groups is 1. The molecular weight excluding hydrogens is 366 g/mol. The van der Waals surface area contributed by atoms with Crippen molar-refractivity contribution in [2.45, 2.75) is 32.2 Å². The number of nitrogens with zero attached hydrogens (tertiary/aromatic N) is 3. The van der Waals surface area contributed by atoms with E-state index in [1.807, 2.05) is 18.2 Å². The Morgan fingerprint density at radius 1 is 1.17 bits per heavy atom. The Kier molecular flexibility index (Phi) is 8.16. The fourth-order valence-electron chi connectivity index (χ4n) is 4.14. The molecule has 0 atom stereocenters. The molecule has 1 aliphatic heterocycles. The van der Waals surface area contributed by atoms with Gasteiger partial charge >= 0.3 is 0 Å². The summed E-state index contributed by atoms with van der Waals surface area (Å²) in [6.45, 7) is 6.10. The van der Waals surface area contributed by atoms with E-state index in [1.165, 1.54) is 12.8 Å². The minimum Gasteiger partial charge on any atom is -0.497 e. The zero-order chi connectivity index (χ0) is 20.5. The zero-order valence-electron chi connectivity index (χ0n) is 17.8. The second-order valence-corrected chi connectivity index (χ2v) is 7.85. The highest BCUT2D eigenvalue weighted by molar-refractivity contribution is 5.80. The minimum atomic E-state index is 0.294. The van der Waals surface area contributed by atoms with E-state index in [9.17, 15) is 4.79 Å². The molecule has 0 spiro atoms. The third kappa shape index (κ3) is 6.35. The molecule has 0 radical (unpaired) electrons. The number of rotatable bonds is 7. The van der Waals surface area contributed by atoms with E-state index >= 15 is 0 Å². The number of hydrogen-bond donors (Lipinski definition) is 2. The fraction of sp³-hybridized carbons (Fsp3) is 0.636. The Bertz CT molecular complexity index is 680. The molecule has 29 heavy (non-hydrogen) atoms. The van der Waals surface area contributed by atoms with E-state index in [-0.39, 0.29) is 0 Å². The van der Waals surface area contributed by atoms with Gasteiger partial charge in [-0.1, -0.05) is 25.0 Å². The summed E-state index contributed by atoms with van der Waals surface area (Å²) in [6, 6.07) is 8.02. The molecule has 1 heterocycles. The van der Waals surface area contributed by atoms with Crippen molar-refractivity contribution in [3.63, 3.8) is 0 Å². The van der Waals surface area contributed by atoms with E-state index in [4.69, 9.17) is 4.74 Å². The molecule has 2 aliphatic rings. The number of amides is 1.